The molecular formula is C14H10Cl2O3. The number of halogens is 2. The first-order valence-electron chi connectivity index (χ1n) is 5.41. The molecule has 2 aromatic rings. The molecule has 3 nitrogen and oxygen atoms in total. The third-order valence-electron chi connectivity index (χ3n) is 2.44. The standard InChI is InChI=1S/C14H10Cl2O3/c1-18-13-5-2-9(8-11(13)15)12-6-3-10(19-12)4-7-14(16)17/h2-8H,1H3/b7-4+. The minimum Gasteiger partial charge on any atom is -0.495 e. The normalized spacial score (nSPS) is 10.9. The minimum atomic E-state index is -0.551. The summed E-state index contributed by atoms with van der Waals surface area (Å²) >= 11 is 11.3. The second-order valence-electron chi connectivity index (χ2n) is 3.69. The molecule has 0 atom stereocenters. The zero-order valence-corrected chi connectivity index (χ0v) is 11.5. The van der Waals surface area contributed by atoms with Gasteiger partial charge in [-0.1, -0.05) is 11.6 Å². The highest BCUT2D eigenvalue weighted by Gasteiger charge is 2.07. The molecule has 0 aliphatic heterocycles. The van der Waals surface area contributed by atoms with Crippen LogP contribution in [0.4, 0.5) is 0 Å². The molecule has 2 rings (SSSR count). The predicted octanol–water partition coefficient (Wildman–Crippen LogP) is 4.39. The van der Waals surface area contributed by atoms with E-state index in [1.165, 1.54) is 12.2 Å². The van der Waals surface area contributed by atoms with E-state index in [4.69, 9.17) is 32.4 Å². The number of carbonyl (C=O) groups is 1. The zero-order chi connectivity index (χ0) is 13.8. The molecule has 0 aliphatic rings. The van der Waals surface area contributed by atoms with Gasteiger partial charge in [0.25, 0.3) is 0 Å². The molecule has 1 heterocycles. The highest BCUT2D eigenvalue weighted by atomic mass is 35.5. The number of carbonyl (C=O) groups excluding carboxylic acids is 1. The summed E-state index contributed by atoms with van der Waals surface area (Å²) in [5.41, 5.74) is 0.822. The van der Waals surface area contributed by atoms with Gasteiger partial charge >= 0.3 is 0 Å². The van der Waals surface area contributed by atoms with Crippen LogP contribution >= 0.6 is 23.2 Å². The van der Waals surface area contributed by atoms with E-state index < -0.39 is 5.24 Å². The topological polar surface area (TPSA) is 39.4 Å². The van der Waals surface area contributed by atoms with Crippen molar-refractivity contribution >= 4 is 34.5 Å². The first-order valence-corrected chi connectivity index (χ1v) is 6.17. The fraction of sp³-hybridized carbons (Fsp3) is 0.0714. The van der Waals surface area contributed by atoms with Gasteiger partial charge in [0.05, 0.1) is 12.1 Å². The van der Waals surface area contributed by atoms with Gasteiger partial charge in [-0.2, -0.15) is 0 Å². The van der Waals surface area contributed by atoms with Crippen LogP contribution in [0.1, 0.15) is 5.76 Å². The summed E-state index contributed by atoms with van der Waals surface area (Å²) in [4.78, 5) is 10.6. The van der Waals surface area contributed by atoms with Crippen LogP contribution < -0.4 is 4.74 Å². The first-order chi connectivity index (χ1) is 9.10. The lowest BCUT2D eigenvalue weighted by atomic mass is 10.2. The molecule has 19 heavy (non-hydrogen) atoms. The van der Waals surface area contributed by atoms with Gasteiger partial charge in [0.2, 0.25) is 5.24 Å². The number of allylic oxidation sites excluding steroid dienone is 1. The zero-order valence-electron chi connectivity index (χ0n) is 10.0. The monoisotopic (exact) mass is 296 g/mol. The second kappa shape index (κ2) is 5.95. The Balaban J connectivity index is 2.27. The summed E-state index contributed by atoms with van der Waals surface area (Å²) in [6.45, 7) is 0. The van der Waals surface area contributed by atoms with Crippen LogP contribution in [0.2, 0.25) is 5.02 Å². The van der Waals surface area contributed by atoms with Crippen LogP contribution in [0, 0.1) is 0 Å². The molecule has 0 saturated carbocycles. The number of furan rings is 1. The average Bonchev–Trinajstić information content (AvgIpc) is 2.85. The van der Waals surface area contributed by atoms with E-state index in [0.717, 1.165) is 5.56 Å². The summed E-state index contributed by atoms with van der Waals surface area (Å²) in [5, 5.41) is -0.0464. The van der Waals surface area contributed by atoms with Crippen LogP contribution in [-0.4, -0.2) is 12.4 Å². The third-order valence-corrected chi connectivity index (χ3v) is 2.86. The van der Waals surface area contributed by atoms with Crippen LogP contribution in [0.25, 0.3) is 17.4 Å². The Morgan fingerprint density at radius 2 is 2.11 bits per heavy atom. The van der Waals surface area contributed by atoms with Crippen molar-refractivity contribution in [2.24, 2.45) is 0 Å². The molecule has 1 aromatic heterocycles. The van der Waals surface area contributed by atoms with Crippen molar-refractivity contribution in [3.63, 3.8) is 0 Å². The van der Waals surface area contributed by atoms with Crippen LogP contribution in [0.5, 0.6) is 5.75 Å². The molecule has 5 heteroatoms. The molecule has 0 aliphatic carbocycles. The van der Waals surface area contributed by atoms with E-state index in [2.05, 4.69) is 0 Å². The van der Waals surface area contributed by atoms with E-state index in [1.807, 2.05) is 6.07 Å². The first kappa shape index (κ1) is 13.7. The van der Waals surface area contributed by atoms with Crippen molar-refractivity contribution in [3.05, 3.63) is 47.2 Å². The molecule has 0 bridgehead atoms. The number of hydrogen-bond acceptors (Lipinski definition) is 3. The molecule has 0 amide bonds. The number of rotatable bonds is 4. The number of ether oxygens (including phenoxy) is 1. The van der Waals surface area contributed by atoms with Crippen LogP contribution in [0.3, 0.4) is 0 Å². The molecule has 98 valence electrons. The van der Waals surface area contributed by atoms with Crippen LogP contribution in [0.15, 0.2) is 40.8 Å². The van der Waals surface area contributed by atoms with Gasteiger partial charge in [0.1, 0.15) is 17.3 Å². The molecule has 0 radical (unpaired) electrons. The van der Waals surface area contributed by atoms with E-state index in [-0.39, 0.29) is 0 Å². The Kier molecular flexibility index (Phi) is 4.30. The van der Waals surface area contributed by atoms with Gasteiger partial charge in [-0.05, 0) is 48.0 Å². The smallest absolute Gasteiger partial charge is 0.245 e. The average molecular weight is 297 g/mol. The highest BCUT2D eigenvalue weighted by Crippen LogP contribution is 2.31. The molecule has 0 saturated heterocycles. The number of benzene rings is 1. The van der Waals surface area contributed by atoms with E-state index in [1.54, 1.807) is 31.4 Å². The SMILES string of the molecule is COc1ccc(-c2ccc(/C=C/C(=O)Cl)o2)cc1Cl. The third kappa shape index (κ3) is 3.40. The minimum absolute atomic E-state index is 0.504. The molecule has 0 spiro atoms. The second-order valence-corrected chi connectivity index (χ2v) is 4.47. The van der Waals surface area contributed by atoms with Crippen molar-refractivity contribution in [2.75, 3.05) is 7.11 Å². The van der Waals surface area contributed by atoms with Gasteiger partial charge in [0, 0.05) is 11.6 Å². The lowest BCUT2D eigenvalue weighted by molar-refractivity contribution is -0.107. The van der Waals surface area contributed by atoms with Crippen molar-refractivity contribution in [2.45, 2.75) is 0 Å². The lowest BCUT2D eigenvalue weighted by Crippen LogP contribution is -1.84. The summed E-state index contributed by atoms with van der Waals surface area (Å²) in [7, 11) is 1.56. The van der Waals surface area contributed by atoms with Crippen LogP contribution in [-0.2, 0) is 4.79 Å². The molecule has 0 unspecified atom stereocenters. The summed E-state index contributed by atoms with van der Waals surface area (Å²) < 4.78 is 10.6. The Morgan fingerprint density at radius 1 is 1.32 bits per heavy atom. The van der Waals surface area contributed by atoms with E-state index in [9.17, 15) is 4.79 Å². The number of hydrogen-bond donors (Lipinski definition) is 0. The fourth-order valence-corrected chi connectivity index (χ4v) is 1.89. The maximum absolute atomic E-state index is 10.6. The highest BCUT2D eigenvalue weighted by molar-refractivity contribution is 6.66. The Hall–Kier alpha value is -1.71. The van der Waals surface area contributed by atoms with Crippen molar-refractivity contribution in [3.8, 4) is 17.1 Å². The van der Waals surface area contributed by atoms with Gasteiger partial charge < -0.3 is 9.15 Å². The Bertz CT molecular complexity index is 629. The molecule has 1 aromatic carbocycles. The maximum atomic E-state index is 10.6. The summed E-state index contributed by atoms with van der Waals surface area (Å²) in [6, 6.07) is 8.88. The van der Waals surface area contributed by atoms with Crippen molar-refractivity contribution < 1.29 is 13.9 Å². The van der Waals surface area contributed by atoms with Crippen molar-refractivity contribution in [1.82, 2.24) is 0 Å². The van der Waals surface area contributed by atoms with E-state index >= 15 is 0 Å². The Labute approximate surface area is 120 Å². The fourth-order valence-electron chi connectivity index (χ4n) is 1.56. The van der Waals surface area contributed by atoms with Crippen molar-refractivity contribution in [1.29, 1.82) is 0 Å². The van der Waals surface area contributed by atoms with E-state index in [0.29, 0.717) is 22.3 Å². The van der Waals surface area contributed by atoms with Gasteiger partial charge in [0.15, 0.2) is 0 Å². The molecule has 0 fully saturated rings. The number of methoxy groups -OCH3 is 1. The lowest BCUT2D eigenvalue weighted by Gasteiger charge is -2.03. The quantitative estimate of drug-likeness (QED) is 0.620. The summed E-state index contributed by atoms with van der Waals surface area (Å²) in [6.07, 6.45) is 2.73. The maximum Gasteiger partial charge on any atom is 0.245 e. The largest absolute Gasteiger partial charge is 0.495 e. The molecular weight excluding hydrogens is 287 g/mol. The van der Waals surface area contributed by atoms with Gasteiger partial charge in [-0.3, -0.25) is 4.79 Å². The van der Waals surface area contributed by atoms with Gasteiger partial charge in [-0.25, -0.2) is 0 Å². The Morgan fingerprint density at radius 3 is 2.74 bits per heavy atom. The predicted molar refractivity (Wildman–Crippen MR) is 75.6 cm³/mol. The van der Waals surface area contributed by atoms with Gasteiger partial charge in [-0.15, -0.1) is 0 Å². The summed E-state index contributed by atoms with van der Waals surface area (Å²) in [5.74, 6) is 1.78. The molecule has 0 N–H and O–H groups in total.